The predicted octanol–water partition coefficient (Wildman–Crippen LogP) is 3.20. The first-order valence-corrected chi connectivity index (χ1v) is 8.04. The summed E-state index contributed by atoms with van der Waals surface area (Å²) in [6, 6.07) is 16.0. The summed E-state index contributed by atoms with van der Waals surface area (Å²) in [4.78, 5) is 12.2. The minimum absolute atomic E-state index is 0.0595. The van der Waals surface area contributed by atoms with E-state index >= 15 is 0 Å². The average Bonchev–Trinajstić information content (AvgIpc) is 2.97. The SMILES string of the molecule is O=C(NCc1ccc(CBr)cc1)C1Cc2ccccc2O1. The summed E-state index contributed by atoms with van der Waals surface area (Å²) < 4.78 is 5.68. The van der Waals surface area contributed by atoms with Crippen LogP contribution in [0, 0.1) is 0 Å². The molecule has 108 valence electrons. The number of carbonyl (C=O) groups is 1. The Labute approximate surface area is 132 Å². The molecule has 1 heterocycles. The Morgan fingerprint density at radius 1 is 1.14 bits per heavy atom. The molecule has 1 unspecified atom stereocenters. The van der Waals surface area contributed by atoms with Gasteiger partial charge < -0.3 is 10.1 Å². The number of hydrogen-bond donors (Lipinski definition) is 1. The molecule has 2 aromatic rings. The van der Waals surface area contributed by atoms with Gasteiger partial charge in [0.1, 0.15) is 5.75 Å². The van der Waals surface area contributed by atoms with Crippen molar-refractivity contribution in [3.05, 3.63) is 65.2 Å². The Balaban J connectivity index is 1.55. The van der Waals surface area contributed by atoms with Crippen LogP contribution in [0.4, 0.5) is 0 Å². The Bertz CT molecular complexity index is 614. The highest BCUT2D eigenvalue weighted by molar-refractivity contribution is 9.08. The largest absolute Gasteiger partial charge is 0.480 e. The van der Waals surface area contributed by atoms with Crippen molar-refractivity contribution in [3.8, 4) is 5.75 Å². The fraction of sp³-hybridized carbons (Fsp3) is 0.235. The summed E-state index contributed by atoms with van der Waals surface area (Å²) in [5, 5.41) is 3.78. The number of amides is 1. The highest BCUT2D eigenvalue weighted by atomic mass is 79.9. The van der Waals surface area contributed by atoms with E-state index in [1.807, 2.05) is 36.4 Å². The predicted molar refractivity (Wildman–Crippen MR) is 85.5 cm³/mol. The molecule has 0 aliphatic carbocycles. The van der Waals surface area contributed by atoms with E-state index < -0.39 is 6.10 Å². The van der Waals surface area contributed by atoms with Gasteiger partial charge in [-0.3, -0.25) is 4.79 Å². The normalized spacial score (nSPS) is 16.1. The number of para-hydroxylation sites is 1. The Hall–Kier alpha value is -1.81. The quantitative estimate of drug-likeness (QED) is 0.864. The fourth-order valence-corrected chi connectivity index (χ4v) is 2.75. The zero-order valence-corrected chi connectivity index (χ0v) is 13.1. The van der Waals surface area contributed by atoms with Crippen molar-refractivity contribution in [1.29, 1.82) is 0 Å². The molecule has 4 heteroatoms. The molecule has 0 aromatic heterocycles. The van der Waals surface area contributed by atoms with Crippen LogP contribution in [0.25, 0.3) is 0 Å². The van der Waals surface area contributed by atoms with Crippen LogP contribution in [0.5, 0.6) is 5.75 Å². The molecule has 0 fully saturated rings. The molecule has 21 heavy (non-hydrogen) atoms. The third kappa shape index (κ3) is 3.27. The number of nitrogens with one attached hydrogen (secondary N) is 1. The third-order valence-corrected chi connectivity index (χ3v) is 4.23. The maximum atomic E-state index is 12.2. The highest BCUT2D eigenvalue weighted by Gasteiger charge is 2.28. The monoisotopic (exact) mass is 345 g/mol. The molecule has 1 amide bonds. The smallest absolute Gasteiger partial charge is 0.261 e. The fourth-order valence-electron chi connectivity index (χ4n) is 2.38. The molecular formula is C17H16BrNO2. The van der Waals surface area contributed by atoms with Crippen LogP contribution in [0.3, 0.4) is 0 Å². The van der Waals surface area contributed by atoms with Gasteiger partial charge >= 0.3 is 0 Å². The van der Waals surface area contributed by atoms with E-state index in [4.69, 9.17) is 4.74 Å². The summed E-state index contributed by atoms with van der Waals surface area (Å²) in [5.74, 6) is 0.759. The Kier molecular flexibility index (Phi) is 4.25. The molecule has 2 aromatic carbocycles. The summed E-state index contributed by atoms with van der Waals surface area (Å²) in [5.41, 5.74) is 3.41. The second-order valence-electron chi connectivity index (χ2n) is 5.09. The number of ether oxygens (including phenoxy) is 1. The number of alkyl halides is 1. The summed E-state index contributed by atoms with van der Waals surface area (Å²) in [6.45, 7) is 0.525. The van der Waals surface area contributed by atoms with Crippen LogP contribution in [0.15, 0.2) is 48.5 Å². The second-order valence-corrected chi connectivity index (χ2v) is 5.65. The first-order chi connectivity index (χ1) is 10.3. The van der Waals surface area contributed by atoms with E-state index in [-0.39, 0.29) is 5.91 Å². The van der Waals surface area contributed by atoms with Crippen LogP contribution in [-0.4, -0.2) is 12.0 Å². The molecule has 1 aliphatic rings. The molecule has 1 N–H and O–H groups in total. The van der Waals surface area contributed by atoms with Gasteiger partial charge in [0.15, 0.2) is 6.10 Å². The third-order valence-electron chi connectivity index (χ3n) is 3.58. The molecule has 1 atom stereocenters. The molecule has 0 saturated carbocycles. The van der Waals surface area contributed by atoms with Crippen molar-refractivity contribution in [3.63, 3.8) is 0 Å². The summed E-state index contributed by atoms with van der Waals surface area (Å²) in [7, 11) is 0. The Morgan fingerprint density at radius 3 is 2.57 bits per heavy atom. The number of carbonyl (C=O) groups excluding carboxylic acids is 1. The maximum Gasteiger partial charge on any atom is 0.261 e. The molecular weight excluding hydrogens is 330 g/mol. The average molecular weight is 346 g/mol. The van der Waals surface area contributed by atoms with Gasteiger partial charge in [-0.25, -0.2) is 0 Å². The molecule has 0 bridgehead atoms. The van der Waals surface area contributed by atoms with E-state index in [0.29, 0.717) is 13.0 Å². The number of benzene rings is 2. The van der Waals surface area contributed by atoms with Crippen molar-refractivity contribution >= 4 is 21.8 Å². The number of hydrogen-bond acceptors (Lipinski definition) is 2. The van der Waals surface area contributed by atoms with Crippen molar-refractivity contribution in [2.45, 2.75) is 24.4 Å². The zero-order valence-electron chi connectivity index (χ0n) is 11.5. The number of fused-ring (bicyclic) bond motifs is 1. The molecule has 0 spiro atoms. The second kappa shape index (κ2) is 6.31. The zero-order chi connectivity index (χ0) is 14.7. The van der Waals surface area contributed by atoms with Crippen molar-refractivity contribution < 1.29 is 9.53 Å². The maximum absolute atomic E-state index is 12.2. The lowest BCUT2D eigenvalue weighted by Gasteiger charge is -2.11. The van der Waals surface area contributed by atoms with Crippen LogP contribution in [0.2, 0.25) is 0 Å². The lowest BCUT2D eigenvalue weighted by Crippen LogP contribution is -2.37. The molecule has 0 saturated heterocycles. The summed E-state index contributed by atoms with van der Waals surface area (Å²) in [6.07, 6.45) is 0.231. The minimum atomic E-state index is -0.413. The van der Waals surface area contributed by atoms with Gasteiger partial charge in [0, 0.05) is 18.3 Å². The van der Waals surface area contributed by atoms with Crippen molar-refractivity contribution in [2.75, 3.05) is 0 Å². The first kappa shape index (κ1) is 14.1. The first-order valence-electron chi connectivity index (χ1n) is 6.92. The van der Waals surface area contributed by atoms with Gasteiger partial charge in [-0.2, -0.15) is 0 Å². The number of halogens is 1. The van der Waals surface area contributed by atoms with Gasteiger partial charge in [0.2, 0.25) is 0 Å². The summed E-state index contributed by atoms with van der Waals surface area (Å²) >= 11 is 3.42. The standard InChI is InChI=1S/C17H16BrNO2/c18-10-12-5-7-13(8-6-12)11-19-17(20)16-9-14-3-1-2-4-15(14)21-16/h1-8,16H,9-11H2,(H,19,20). The number of rotatable bonds is 4. The van der Waals surface area contributed by atoms with Crippen LogP contribution in [0.1, 0.15) is 16.7 Å². The van der Waals surface area contributed by atoms with Crippen LogP contribution >= 0.6 is 15.9 Å². The van der Waals surface area contributed by atoms with Crippen LogP contribution in [-0.2, 0) is 23.1 Å². The van der Waals surface area contributed by atoms with Crippen LogP contribution < -0.4 is 10.1 Å². The Morgan fingerprint density at radius 2 is 1.86 bits per heavy atom. The van der Waals surface area contributed by atoms with E-state index in [2.05, 4.69) is 33.4 Å². The van der Waals surface area contributed by atoms with Gasteiger partial charge in [0.25, 0.3) is 5.91 Å². The van der Waals surface area contributed by atoms with Crippen molar-refractivity contribution in [2.24, 2.45) is 0 Å². The highest BCUT2D eigenvalue weighted by Crippen LogP contribution is 2.28. The van der Waals surface area contributed by atoms with E-state index in [1.165, 1.54) is 5.56 Å². The topological polar surface area (TPSA) is 38.3 Å². The van der Waals surface area contributed by atoms with Gasteiger partial charge in [-0.15, -0.1) is 0 Å². The van der Waals surface area contributed by atoms with E-state index in [0.717, 1.165) is 22.2 Å². The molecule has 3 nitrogen and oxygen atoms in total. The van der Waals surface area contributed by atoms with Gasteiger partial charge in [-0.05, 0) is 22.8 Å². The lowest BCUT2D eigenvalue weighted by molar-refractivity contribution is -0.127. The van der Waals surface area contributed by atoms with E-state index in [9.17, 15) is 4.79 Å². The van der Waals surface area contributed by atoms with Gasteiger partial charge in [-0.1, -0.05) is 58.4 Å². The molecule has 3 rings (SSSR count). The van der Waals surface area contributed by atoms with E-state index in [1.54, 1.807) is 0 Å². The van der Waals surface area contributed by atoms with Crippen molar-refractivity contribution in [1.82, 2.24) is 5.32 Å². The molecule has 1 aliphatic heterocycles. The molecule has 0 radical (unpaired) electrons. The lowest BCUT2D eigenvalue weighted by atomic mass is 10.1. The minimum Gasteiger partial charge on any atom is -0.480 e. The van der Waals surface area contributed by atoms with Gasteiger partial charge in [0.05, 0.1) is 0 Å².